The number of benzene rings is 3. The molecule has 6 rings (SSSR count). The molecule has 0 aliphatic carbocycles. The molecule has 212 valence electrons. The maximum atomic E-state index is 14.4. The number of halogens is 1. The molecule has 2 fully saturated rings. The molecule has 8 nitrogen and oxygen atoms in total. The lowest BCUT2D eigenvalue weighted by Gasteiger charge is -2.39. The van der Waals surface area contributed by atoms with Crippen molar-refractivity contribution >= 4 is 17.7 Å². The van der Waals surface area contributed by atoms with Crippen molar-refractivity contribution in [3.63, 3.8) is 0 Å². The van der Waals surface area contributed by atoms with Crippen LogP contribution in [0.5, 0.6) is 5.75 Å². The van der Waals surface area contributed by atoms with Crippen molar-refractivity contribution in [3.05, 3.63) is 101 Å². The van der Waals surface area contributed by atoms with Gasteiger partial charge in [0.25, 0.3) is 5.91 Å². The maximum absolute atomic E-state index is 14.4. The maximum Gasteiger partial charge on any atom is 0.255 e. The van der Waals surface area contributed by atoms with Crippen molar-refractivity contribution in [3.8, 4) is 5.75 Å². The summed E-state index contributed by atoms with van der Waals surface area (Å²) in [6.45, 7) is 2.91. The van der Waals surface area contributed by atoms with Crippen molar-refractivity contribution < 1.29 is 23.5 Å². The Balaban J connectivity index is 1.18. The molecule has 3 aromatic carbocycles. The van der Waals surface area contributed by atoms with E-state index in [1.54, 1.807) is 18.2 Å². The van der Waals surface area contributed by atoms with E-state index in [1.807, 2.05) is 36.4 Å². The highest BCUT2D eigenvalue weighted by atomic mass is 19.1. The molecule has 3 aliphatic heterocycles. The molecule has 0 saturated carbocycles. The van der Waals surface area contributed by atoms with Gasteiger partial charge < -0.3 is 15.0 Å². The van der Waals surface area contributed by atoms with Gasteiger partial charge in [-0.2, -0.15) is 0 Å². The molecule has 0 radical (unpaired) electrons. The Kier molecular flexibility index (Phi) is 7.80. The Morgan fingerprint density at radius 3 is 2.59 bits per heavy atom. The summed E-state index contributed by atoms with van der Waals surface area (Å²) in [4.78, 5) is 40.9. The van der Waals surface area contributed by atoms with Gasteiger partial charge in [0.15, 0.2) is 0 Å². The zero-order valence-corrected chi connectivity index (χ0v) is 22.7. The van der Waals surface area contributed by atoms with Gasteiger partial charge in [-0.05, 0) is 48.2 Å². The lowest BCUT2D eigenvalue weighted by atomic mass is 10.00. The number of fused-ring (bicyclic) bond motifs is 1. The number of nitrogens with zero attached hydrogens (tertiary/aromatic N) is 2. The number of rotatable bonds is 8. The van der Waals surface area contributed by atoms with Gasteiger partial charge in [0, 0.05) is 56.3 Å². The van der Waals surface area contributed by atoms with Crippen LogP contribution in [-0.2, 0) is 29.2 Å². The van der Waals surface area contributed by atoms with E-state index in [2.05, 4.69) is 27.7 Å². The monoisotopic (exact) mass is 556 g/mol. The number of imide groups is 1. The smallest absolute Gasteiger partial charge is 0.255 e. The van der Waals surface area contributed by atoms with Crippen LogP contribution in [0.2, 0.25) is 0 Å². The number of piperidine rings is 2. The van der Waals surface area contributed by atoms with Gasteiger partial charge in [-0.15, -0.1) is 0 Å². The summed E-state index contributed by atoms with van der Waals surface area (Å²) in [6, 6.07) is 21.9. The van der Waals surface area contributed by atoms with Crippen molar-refractivity contribution in [1.82, 2.24) is 20.4 Å². The zero-order valence-electron chi connectivity index (χ0n) is 22.7. The number of hydrogen-bond acceptors (Lipinski definition) is 6. The lowest BCUT2D eigenvalue weighted by molar-refractivity contribution is -0.136. The molecule has 3 aromatic rings. The fourth-order valence-corrected chi connectivity index (χ4v) is 5.99. The highest BCUT2D eigenvalue weighted by Crippen LogP contribution is 2.31. The average Bonchev–Trinajstić information content (AvgIpc) is 3.29. The van der Waals surface area contributed by atoms with E-state index in [9.17, 15) is 18.8 Å². The minimum Gasteiger partial charge on any atom is -0.487 e. The molecule has 3 amide bonds. The van der Waals surface area contributed by atoms with Gasteiger partial charge in [-0.3, -0.25) is 24.6 Å². The van der Waals surface area contributed by atoms with Gasteiger partial charge in [-0.1, -0.05) is 48.5 Å². The van der Waals surface area contributed by atoms with E-state index in [0.29, 0.717) is 42.9 Å². The molecule has 41 heavy (non-hydrogen) atoms. The fourth-order valence-electron chi connectivity index (χ4n) is 5.99. The van der Waals surface area contributed by atoms with Gasteiger partial charge in [0.2, 0.25) is 11.8 Å². The molecule has 0 aromatic heterocycles. The normalized spacial score (nSPS) is 22.9. The number of ether oxygens (including phenoxy) is 1. The zero-order chi connectivity index (χ0) is 28.3. The minimum absolute atomic E-state index is 0.0712. The second kappa shape index (κ2) is 11.8. The van der Waals surface area contributed by atoms with Crippen LogP contribution < -0.4 is 15.4 Å². The first-order valence-electron chi connectivity index (χ1n) is 14.1. The molecule has 3 atom stereocenters. The third kappa shape index (κ3) is 6.01. The average molecular weight is 557 g/mol. The predicted octanol–water partition coefficient (Wildman–Crippen LogP) is 3.40. The summed E-state index contributed by atoms with van der Waals surface area (Å²) in [5, 5.41) is 6.00. The number of likely N-dealkylation sites (tertiary alicyclic amines) is 1. The van der Waals surface area contributed by atoms with Crippen molar-refractivity contribution in [2.24, 2.45) is 0 Å². The highest BCUT2D eigenvalue weighted by molar-refractivity contribution is 6.05. The van der Waals surface area contributed by atoms with E-state index in [-0.39, 0.29) is 42.7 Å². The highest BCUT2D eigenvalue weighted by Gasteiger charge is 2.39. The molecular formula is C32H33FN4O4. The van der Waals surface area contributed by atoms with Crippen LogP contribution in [0.15, 0.2) is 72.8 Å². The standard InChI is InChI=1S/C32H33FN4O4/c33-26-9-5-4-8-22(26)18-36-15-14-27(34-17-21-6-2-1-3-7-21)29(20-36)41-24-10-11-25-23(16-24)19-37(32(25)40)28-12-13-30(38)35-31(28)39/h1-11,16,27-29,34H,12-15,17-20H2,(H,35,38,39)/t27-,28?,29-/m0/s1. The van der Waals surface area contributed by atoms with Crippen LogP contribution in [0, 0.1) is 5.82 Å². The molecular weight excluding hydrogens is 523 g/mol. The Labute approximate surface area is 238 Å². The summed E-state index contributed by atoms with van der Waals surface area (Å²) in [7, 11) is 0. The Hall–Kier alpha value is -4.08. The van der Waals surface area contributed by atoms with E-state index in [4.69, 9.17) is 4.74 Å². The molecule has 2 N–H and O–H groups in total. The molecule has 3 heterocycles. The van der Waals surface area contributed by atoms with Crippen molar-refractivity contribution in [2.75, 3.05) is 13.1 Å². The molecule has 0 spiro atoms. The number of carbonyl (C=O) groups excluding carboxylic acids is 3. The number of hydrogen-bond donors (Lipinski definition) is 2. The predicted molar refractivity (Wildman–Crippen MR) is 150 cm³/mol. The van der Waals surface area contributed by atoms with Gasteiger partial charge in [0.1, 0.15) is 23.7 Å². The van der Waals surface area contributed by atoms with E-state index >= 15 is 0 Å². The fraction of sp³-hybridized carbons (Fsp3) is 0.344. The number of carbonyl (C=O) groups is 3. The molecule has 9 heteroatoms. The number of nitrogens with one attached hydrogen (secondary N) is 2. The molecule has 2 saturated heterocycles. The van der Waals surface area contributed by atoms with Crippen molar-refractivity contribution in [1.29, 1.82) is 0 Å². The summed E-state index contributed by atoms with van der Waals surface area (Å²) in [5.74, 6) is -0.511. The Bertz CT molecular complexity index is 1450. The Morgan fingerprint density at radius 1 is 0.976 bits per heavy atom. The third-order valence-electron chi connectivity index (χ3n) is 8.19. The third-order valence-corrected chi connectivity index (χ3v) is 8.19. The first-order valence-corrected chi connectivity index (χ1v) is 14.1. The van der Waals surface area contributed by atoms with Crippen LogP contribution in [0.1, 0.15) is 46.3 Å². The van der Waals surface area contributed by atoms with Crippen molar-refractivity contribution in [2.45, 2.75) is 57.1 Å². The van der Waals surface area contributed by atoms with Crippen LogP contribution >= 0.6 is 0 Å². The second-order valence-corrected chi connectivity index (χ2v) is 11.0. The summed E-state index contributed by atoms with van der Waals surface area (Å²) >= 11 is 0. The number of amides is 3. The summed E-state index contributed by atoms with van der Waals surface area (Å²) in [5.41, 5.74) is 3.19. The first kappa shape index (κ1) is 27.1. The van der Waals surface area contributed by atoms with Crippen LogP contribution in [-0.4, -0.2) is 58.8 Å². The van der Waals surface area contributed by atoms with E-state index in [1.165, 1.54) is 16.5 Å². The summed E-state index contributed by atoms with van der Waals surface area (Å²) in [6.07, 6.45) is 1.16. The van der Waals surface area contributed by atoms with Crippen LogP contribution in [0.25, 0.3) is 0 Å². The second-order valence-electron chi connectivity index (χ2n) is 11.0. The SMILES string of the molecule is O=C1CCC(N2Cc3cc(O[C@H]4CN(Cc5ccccc5F)CC[C@@H]4NCc4ccccc4)ccc3C2=O)C(=O)N1. The molecule has 0 bridgehead atoms. The largest absolute Gasteiger partial charge is 0.487 e. The van der Waals surface area contributed by atoms with E-state index in [0.717, 1.165) is 18.5 Å². The van der Waals surface area contributed by atoms with Crippen LogP contribution in [0.3, 0.4) is 0 Å². The van der Waals surface area contributed by atoms with Gasteiger partial charge >= 0.3 is 0 Å². The van der Waals surface area contributed by atoms with E-state index < -0.39 is 11.9 Å². The van der Waals surface area contributed by atoms with Crippen LogP contribution in [0.4, 0.5) is 4.39 Å². The molecule has 3 aliphatic rings. The molecule has 1 unspecified atom stereocenters. The van der Waals surface area contributed by atoms with Gasteiger partial charge in [0.05, 0.1) is 0 Å². The Morgan fingerprint density at radius 2 is 1.78 bits per heavy atom. The van der Waals surface area contributed by atoms with Gasteiger partial charge in [-0.25, -0.2) is 4.39 Å². The lowest BCUT2D eigenvalue weighted by Crippen LogP contribution is -2.54. The first-order chi connectivity index (χ1) is 19.9. The minimum atomic E-state index is -0.658. The quantitative estimate of drug-likeness (QED) is 0.414. The summed E-state index contributed by atoms with van der Waals surface area (Å²) < 4.78 is 21.0. The topological polar surface area (TPSA) is 91.0 Å².